The fraction of sp³-hybridized carbons (Fsp3) is 0.462. The molecule has 1 amide bonds. The van der Waals surface area contributed by atoms with E-state index in [1.165, 1.54) is 12.1 Å². The number of hydrogen-bond acceptors (Lipinski definition) is 3. The number of alkyl halides is 2. The van der Waals surface area contributed by atoms with Gasteiger partial charge in [-0.3, -0.25) is 4.79 Å². The molecule has 0 aromatic heterocycles. The highest BCUT2D eigenvalue weighted by atomic mass is 19.3. The predicted molar refractivity (Wildman–Crippen MR) is 67.0 cm³/mol. The second-order valence-corrected chi connectivity index (χ2v) is 4.89. The second kappa shape index (κ2) is 5.13. The van der Waals surface area contributed by atoms with Gasteiger partial charge in [0.1, 0.15) is 5.75 Å². The monoisotopic (exact) mass is 270 g/mol. The van der Waals surface area contributed by atoms with Crippen molar-refractivity contribution in [2.75, 3.05) is 5.32 Å². The van der Waals surface area contributed by atoms with Gasteiger partial charge in [0.15, 0.2) is 0 Å². The Morgan fingerprint density at radius 2 is 2.11 bits per heavy atom. The van der Waals surface area contributed by atoms with Gasteiger partial charge in [0.05, 0.1) is 11.2 Å². The third-order valence-corrected chi connectivity index (χ3v) is 3.27. The van der Waals surface area contributed by atoms with Crippen molar-refractivity contribution in [3.63, 3.8) is 0 Å². The number of halogens is 2. The molecule has 0 saturated heterocycles. The summed E-state index contributed by atoms with van der Waals surface area (Å²) in [6, 6.07) is 6.04. The van der Waals surface area contributed by atoms with E-state index in [0.29, 0.717) is 0 Å². The molecule has 0 bridgehead atoms. The lowest BCUT2D eigenvalue weighted by Crippen LogP contribution is -2.50. The van der Waals surface area contributed by atoms with E-state index in [2.05, 4.69) is 10.1 Å². The van der Waals surface area contributed by atoms with Crippen molar-refractivity contribution in [1.82, 2.24) is 0 Å². The lowest BCUT2D eigenvalue weighted by Gasteiger charge is -2.23. The minimum atomic E-state index is -2.94. The van der Waals surface area contributed by atoms with E-state index < -0.39 is 12.2 Å². The third-order valence-electron chi connectivity index (χ3n) is 3.27. The number of nitrogens with two attached hydrogens (primary N) is 1. The summed E-state index contributed by atoms with van der Waals surface area (Å²) < 4.78 is 28.8. The molecule has 1 aliphatic rings. The molecule has 1 atom stereocenters. The van der Waals surface area contributed by atoms with Crippen LogP contribution in [0.25, 0.3) is 0 Å². The summed E-state index contributed by atoms with van der Waals surface area (Å²) in [5.41, 5.74) is 5.17. The molecule has 104 valence electrons. The van der Waals surface area contributed by atoms with Gasteiger partial charge in [0.25, 0.3) is 0 Å². The number of carbonyl (C=O) groups is 1. The van der Waals surface area contributed by atoms with Gasteiger partial charge in [0, 0.05) is 0 Å². The Kier molecular flexibility index (Phi) is 3.71. The molecule has 0 aliphatic heterocycles. The summed E-state index contributed by atoms with van der Waals surface area (Å²) in [6.07, 6.45) is 1.82. The molecule has 1 fully saturated rings. The molecule has 3 N–H and O–H groups in total. The van der Waals surface area contributed by atoms with Crippen molar-refractivity contribution in [2.24, 2.45) is 11.7 Å². The standard InChI is InChI=1S/C13H16F2N2O2/c1-13(16,8-6-7-8)11(18)17-9-4-2-3-5-10(9)19-12(14)15/h2-5,8,12H,6-7,16H2,1H3,(H,17,18). The second-order valence-electron chi connectivity index (χ2n) is 4.89. The summed E-state index contributed by atoms with van der Waals surface area (Å²) in [5, 5.41) is 2.56. The normalized spacial score (nSPS) is 17.9. The number of nitrogens with one attached hydrogen (secondary N) is 1. The third kappa shape index (κ3) is 3.20. The summed E-state index contributed by atoms with van der Waals surface area (Å²) in [4.78, 5) is 12.1. The van der Waals surface area contributed by atoms with Crippen molar-refractivity contribution in [1.29, 1.82) is 0 Å². The predicted octanol–water partition coefficient (Wildman–Crippen LogP) is 2.35. The van der Waals surface area contributed by atoms with E-state index in [0.717, 1.165) is 12.8 Å². The summed E-state index contributed by atoms with van der Waals surface area (Å²) in [7, 11) is 0. The molecule has 1 aliphatic carbocycles. The Morgan fingerprint density at radius 3 is 2.68 bits per heavy atom. The number of amides is 1. The highest BCUT2D eigenvalue weighted by Gasteiger charge is 2.44. The molecular formula is C13H16F2N2O2. The minimum Gasteiger partial charge on any atom is -0.433 e. The largest absolute Gasteiger partial charge is 0.433 e. The Bertz CT molecular complexity index is 473. The first-order valence-corrected chi connectivity index (χ1v) is 6.05. The van der Waals surface area contributed by atoms with Crippen molar-refractivity contribution < 1.29 is 18.3 Å². The quantitative estimate of drug-likeness (QED) is 0.863. The Balaban J connectivity index is 2.12. The van der Waals surface area contributed by atoms with E-state index in [1.54, 1.807) is 19.1 Å². The molecule has 6 heteroatoms. The molecule has 1 saturated carbocycles. The van der Waals surface area contributed by atoms with Gasteiger partial charge in [-0.1, -0.05) is 12.1 Å². The van der Waals surface area contributed by atoms with Crippen molar-refractivity contribution in [3.8, 4) is 5.75 Å². The number of rotatable bonds is 5. The van der Waals surface area contributed by atoms with Crippen LogP contribution in [0.2, 0.25) is 0 Å². The van der Waals surface area contributed by atoms with E-state index in [-0.39, 0.29) is 23.3 Å². The number of benzene rings is 1. The Morgan fingerprint density at radius 1 is 1.47 bits per heavy atom. The number of carbonyl (C=O) groups excluding carboxylic acids is 1. The Hall–Kier alpha value is -1.69. The van der Waals surface area contributed by atoms with Gasteiger partial charge in [-0.25, -0.2) is 0 Å². The van der Waals surface area contributed by atoms with Crippen LogP contribution in [0, 0.1) is 5.92 Å². The zero-order valence-corrected chi connectivity index (χ0v) is 10.5. The first-order chi connectivity index (χ1) is 8.91. The van der Waals surface area contributed by atoms with Crippen LogP contribution in [0.3, 0.4) is 0 Å². The Labute approximate surface area is 109 Å². The van der Waals surface area contributed by atoms with Gasteiger partial charge in [-0.15, -0.1) is 0 Å². The lowest BCUT2D eigenvalue weighted by molar-refractivity contribution is -0.121. The number of para-hydroxylation sites is 2. The first kappa shape index (κ1) is 13.7. The summed E-state index contributed by atoms with van der Waals surface area (Å²) in [5.74, 6) is -0.312. The van der Waals surface area contributed by atoms with Crippen LogP contribution >= 0.6 is 0 Å². The average Bonchev–Trinajstić information content (AvgIpc) is 3.15. The molecule has 4 nitrogen and oxygen atoms in total. The zero-order valence-electron chi connectivity index (χ0n) is 10.5. The van der Waals surface area contributed by atoms with E-state index in [9.17, 15) is 13.6 Å². The molecule has 1 unspecified atom stereocenters. The van der Waals surface area contributed by atoms with Crippen molar-refractivity contribution in [3.05, 3.63) is 24.3 Å². The van der Waals surface area contributed by atoms with Gasteiger partial charge in [0.2, 0.25) is 5.91 Å². The zero-order chi connectivity index (χ0) is 14.0. The molecule has 0 heterocycles. The summed E-state index contributed by atoms with van der Waals surface area (Å²) >= 11 is 0. The maximum absolute atomic E-state index is 12.3. The van der Waals surface area contributed by atoms with Gasteiger partial charge >= 0.3 is 6.61 Å². The average molecular weight is 270 g/mol. The molecule has 1 aromatic rings. The highest BCUT2D eigenvalue weighted by Crippen LogP contribution is 2.39. The number of hydrogen-bond donors (Lipinski definition) is 2. The molecule has 2 rings (SSSR count). The van der Waals surface area contributed by atoms with Crippen LogP contribution in [0.4, 0.5) is 14.5 Å². The fourth-order valence-corrected chi connectivity index (χ4v) is 1.89. The van der Waals surface area contributed by atoms with Gasteiger partial charge in [-0.2, -0.15) is 8.78 Å². The van der Waals surface area contributed by atoms with E-state index in [4.69, 9.17) is 5.73 Å². The van der Waals surface area contributed by atoms with Crippen molar-refractivity contribution >= 4 is 11.6 Å². The SMILES string of the molecule is CC(N)(C(=O)Nc1ccccc1OC(F)F)C1CC1. The smallest absolute Gasteiger partial charge is 0.387 e. The summed E-state index contributed by atoms with van der Waals surface area (Å²) in [6.45, 7) is -1.29. The fourth-order valence-electron chi connectivity index (χ4n) is 1.89. The minimum absolute atomic E-state index is 0.0718. The van der Waals surface area contributed by atoms with E-state index in [1.807, 2.05) is 0 Å². The maximum Gasteiger partial charge on any atom is 0.387 e. The van der Waals surface area contributed by atoms with Gasteiger partial charge < -0.3 is 15.8 Å². The van der Waals surface area contributed by atoms with Crippen molar-refractivity contribution in [2.45, 2.75) is 31.9 Å². The van der Waals surface area contributed by atoms with E-state index >= 15 is 0 Å². The molecular weight excluding hydrogens is 254 g/mol. The highest BCUT2D eigenvalue weighted by molar-refractivity contribution is 5.99. The lowest BCUT2D eigenvalue weighted by atomic mass is 9.96. The van der Waals surface area contributed by atoms with Crippen LogP contribution in [0.1, 0.15) is 19.8 Å². The number of anilines is 1. The molecule has 0 spiro atoms. The number of ether oxygens (including phenoxy) is 1. The maximum atomic E-state index is 12.3. The molecule has 1 aromatic carbocycles. The van der Waals surface area contributed by atoms with Crippen LogP contribution < -0.4 is 15.8 Å². The molecule has 0 radical (unpaired) electrons. The molecule has 19 heavy (non-hydrogen) atoms. The van der Waals surface area contributed by atoms with Crippen LogP contribution in [0.15, 0.2) is 24.3 Å². The first-order valence-electron chi connectivity index (χ1n) is 6.05. The van der Waals surface area contributed by atoms with Crippen LogP contribution in [-0.4, -0.2) is 18.1 Å². The topological polar surface area (TPSA) is 64.4 Å². The van der Waals surface area contributed by atoms with Crippen LogP contribution in [0.5, 0.6) is 5.75 Å². The van der Waals surface area contributed by atoms with Gasteiger partial charge in [-0.05, 0) is 37.8 Å². The van der Waals surface area contributed by atoms with Crippen LogP contribution in [-0.2, 0) is 4.79 Å².